The second-order valence-electron chi connectivity index (χ2n) is 2.38. The number of alkyl halides is 2. The molecule has 76 valence electrons. The van der Waals surface area contributed by atoms with Gasteiger partial charge in [-0.15, -0.1) is 0 Å². The first-order valence-corrected chi connectivity index (χ1v) is 3.95. The van der Waals surface area contributed by atoms with Crippen molar-refractivity contribution in [1.82, 2.24) is 4.98 Å². The monoisotopic (exact) mass is 221 g/mol. The summed E-state index contributed by atoms with van der Waals surface area (Å²) in [5, 5.41) is -0.136. The maximum Gasteiger partial charge on any atom is 0.264 e. The van der Waals surface area contributed by atoms with E-state index in [4.69, 9.17) is 11.6 Å². The van der Waals surface area contributed by atoms with Crippen LogP contribution in [0.15, 0.2) is 6.07 Å². The molecular weight excluding hydrogens is 216 g/mol. The SMILES string of the molecule is COc1nc(Cl)cc(C(F)F)c1C=O. The number of pyridine rings is 1. The first-order chi connectivity index (χ1) is 6.60. The lowest BCUT2D eigenvalue weighted by atomic mass is 10.1. The van der Waals surface area contributed by atoms with E-state index in [1.54, 1.807) is 0 Å². The number of hydrogen-bond acceptors (Lipinski definition) is 3. The summed E-state index contributed by atoms with van der Waals surface area (Å²) in [4.78, 5) is 14.1. The summed E-state index contributed by atoms with van der Waals surface area (Å²) in [6.07, 6.45) is -2.52. The van der Waals surface area contributed by atoms with Crippen LogP contribution >= 0.6 is 11.6 Å². The van der Waals surface area contributed by atoms with Crippen LogP contribution in [0.5, 0.6) is 5.88 Å². The van der Waals surface area contributed by atoms with E-state index in [-0.39, 0.29) is 22.9 Å². The quantitative estimate of drug-likeness (QED) is 0.582. The lowest BCUT2D eigenvalue weighted by Gasteiger charge is -2.07. The third-order valence-corrected chi connectivity index (χ3v) is 1.76. The molecule has 0 radical (unpaired) electrons. The lowest BCUT2D eigenvalue weighted by molar-refractivity contribution is 0.110. The number of methoxy groups -OCH3 is 1. The predicted molar refractivity (Wildman–Crippen MR) is 46.1 cm³/mol. The number of nitrogens with zero attached hydrogens (tertiary/aromatic N) is 1. The van der Waals surface area contributed by atoms with E-state index in [9.17, 15) is 13.6 Å². The molecule has 0 amide bonds. The summed E-state index contributed by atoms with van der Waals surface area (Å²) in [6, 6.07) is 0.943. The highest BCUT2D eigenvalue weighted by molar-refractivity contribution is 6.29. The molecule has 0 bridgehead atoms. The average Bonchev–Trinajstić information content (AvgIpc) is 2.16. The minimum atomic E-state index is -2.79. The maximum atomic E-state index is 12.4. The first kappa shape index (κ1) is 10.8. The van der Waals surface area contributed by atoms with Gasteiger partial charge in [0.15, 0.2) is 6.29 Å². The smallest absolute Gasteiger partial charge is 0.264 e. The normalized spacial score (nSPS) is 10.4. The van der Waals surface area contributed by atoms with E-state index in [1.165, 1.54) is 7.11 Å². The highest BCUT2D eigenvalue weighted by Crippen LogP contribution is 2.29. The van der Waals surface area contributed by atoms with E-state index < -0.39 is 12.0 Å². The van der Waals surface area contributed by atoms with Gasteiger partial charge in [0.1, 0.15) is 5.15 Å². The summed E-state index contributed by atoms with van der Waals surface area (Å²) >= 11 is 5.46. The Bertz CT molecular complexity index is 357. The van der Waals surface area contributed by atoms with Crippen LogP contribution in [-0.4, -0.2) is 18.4 Å². The van der Waals surface area contributed by atoms with Crippen molar-refractivity contribution in [3.63, 3.8) is 0 Å². The number of aromatic nitrogens is 1. The van der Waals surface area contributed by atoms with Crippen molar-refractivity contribution in [3.8, 4) is 5.88 Å². The van der Waals surface area contributed by atoms with Crippen molar-refractivity contribution in [2.24, 2.45) is 0 Å². The van der Waals surface area contributed by atoms with Crippen LogP contribution in [0.3, 0.4) is 0 Å². The molecule has 0 fully saturated rings. The topological polar surface area (TPSA) is 39.2 Å². The summed E-state index contributed by atoms with van der Waals surface area (Å²) in [5.41, 5.74) is -0.747. The summed E-state index contributed by atoms with van der Waals surface area (Å²) in [5.74, 6) is -0.192. The minimum absolute atomic E-state index is 0.136. The number of carbonyl (C=O) groups excluding carboxylic acids is 1. The Labute approximate surface area is 83.7 Å². The summed E-state index contributed by atoms with van der Waals surface area (Å²) in [7, 11) is 1.22. The molecule has 0 N–H and O–H groups in total. The van der Waals surface area contributed by atoms with Crippen molar-refractivity contribution < 1.29 is 18.3 Å². The molecule has 0 atom stereocenters. The van der Waals surface area contributed by atoms with E-state index in [0.717, 1.165) is 6.07 Å². The number of aldehydes is 1. The molecule has 0 aliphatic heterocycles. The number of halogens is 3. The molecule has 1 rings (SSSR count). The maximum absolute atomic E-state index is 12.4. The van der Waals surface area contributed by atoms with E-state index >= 15 is 0 Å². The Balaban J connectivity index is 3.39. The molecule has 0 saturated heterocycles. The Morgan fingerprint density at radius 1 is 1.64 bits per heavy atom. The molecule has 0 saturated carbocycles. The van der Waals surface area contributed by atoms with Crippen LogP contribution in [0.1, 0.15) is 22.3 Å². The van der Waals surface area contributed by atoms with E-state index in [2.05, 4.69) is 9.72 Å². The van der Waals surface area contributed by atoms with Crippen molar-refractivity contribution in [2.45, 2.75) is 6.43 Å². The van der Waals surface area contributed by atoms with Crippen molar-refractivity contribution in [1.29, 1.82) is 0 Å². The number of rotatable bonds is 3. The predicted octanol–water partition coefficient (Wildman–Crippen LogP) is 2.49. The van der Waals surface area contributed by atoms with Gasteiger partial charge in [-0.3, -0.25) is 4.79 Å². The average molecular weight is 222 g/mol. The molecule has 14 heavy (non-hydrogen) atoms. The van der Waals surface area contributed by atoms with Gasteiger partial charge in [-0.25, -0.2) is 13.8 Å². The Hall–Kier alpha value is -1.23. The third kappa shape index (κ3) is 1.98. The molecule has 0 spiro atoms. The second kappa shape index (κ2) is 4.32. The van der Waals surface area contributed by atoms with Gasteiger partial charge in [0.25, 0.3) is 6.43 Å². The van der Waals surface area contributed by atoms with Gasteiger partial charge < -0.3 is 4.74 Å². The van der Waals surface area contributed by atoms with Gasteiger partial charge in [0.2, 0.25) is 5.88 Å². The molecule has 1 aromatic heterocycles. The van der Waals surface area contributed by atoms with Crippen LogP contribution in [0.2, 0.25) is 5.15 Å². The van der Waals surface area contributed by atoms with Crippen molar-refractivity contribution >= 4 is 17.9 Å². The van der Waals surface area contributed by atoms with Gasteiger partial charge in [-0.1, -0.05) is 11.6 Å². The second-order valence-corrected chi connectivity index (χ2v) is 2.76. The zero-order valence-electron chi connectivity index (χ0n) is 7.13. The summed E-state index contributed by atoms with van der Waals surface area (Å²) < 4.78 is 29.5. The number of ether oxygens (including phenoxy) is 1. The van der Waals surface area contributed by atoms with Crippen LogP contribution < -0.4 is 4.74 Å². The molecule has 3 nitrogen and oxygen atoms in total. The van der Waals surface area contributed by atoms with Gasteiger partial charge in [-0.05, 0) is 6.07 Å². The number of carbonyl (C=O) groups is 1. The van der Waals surface area contributed by atoms with E-state index in [1.807, 2.05) is 0 Å². The highest BCUT2D eigenvalue weighted by Gasteiger charge is 2.18. The minimum Gasteiger partial charge on any atom is -0.480 e. The fourth-order valence-electron chi connectivity index (χ4n) is 0.974. The van der Waals surface area contributed by atoms with Crippen molar-refractivity contribution in [3.05, 3.63) is 22.3 Å². The molecule has 6 heteroatoms. The van der Waals surface area contributed by atoms with Crippen LogP contribution in [0.4, 0.5) is 8.78 Å². The highest BCUT2D eigenvalue weighted by atomic mass is 35.5. The van der Waals surface area contributed by atoms with Gasteiger partial charge in [0, 0.05) is 5.56 Å². The first-order valence-electron chi connectivity index (χ1n) is 3.58. The van der Waals surface area contributed by atoms with Gasteiger partial charge in [-0.2, -0.15) is 0 Å². The van der Waals surface area contributed by atoms with E-state index in [0.29, 0.717) is 0 Å². The molecule has 1 heterocycles. The fourth-order valence-corrected chi connectivity index (χ4v) is 1.17. The Morgan fingerprint density at radius 2 is 2.29 bits per heavy atom. The molecule has 1 aromatic rings. The van der Waals surface area contributed by atoms with Crippen LogP contribution in [-0.2, 0) is 0 Å². The zero-order valence-corrected chi connectivity index (χ0v) is 7.89. The third-order valence-electron chi connectivity index (χ3n) is 1.57. The summed E-state index contributed by atoms with van der Waals surface area (Å²) in [6.45, 7) is 0. The fraction of sp³-hybridized carbons (Fsp3) is 0.250. The molecule has 0 aromatic carbocycles. The molecule has 0 unspecified atom stereocenters. The largest absolute Gasteiger partial charge is 0.480 e. The standard InChI is InChI=1S/C8H6ClF2NO2/c1-14-8-5(3-13)4(7(10)11)2-6(9)12-8/h2-3,7H,1H3. The van der Waals surface area contributed by atoms with Gasteiger partial charge >= 0.3 is 0 Å². The molecular formula is C8H6ClF2NO2. The van der Waals surface area contributed by atoms with Crippen LogP contribution in [0.25, 0.3) is 0 Å². The van der Waals surface area contributed by atoms with Gasteiger partial charge in [0.05, 0.1) is 12.7 Å². The Morgan fingerprint density at radius 3 is 2.71 bits per heavy atom. The molecule has 0 aliphatic rings. The Kier molecular flexibility index (Phi) is 3.35. The lowest BCUT2D eigenvalue weighted by Crippen LogP contribution is -2.00. The molecule has 0 aliphatic carbocycles. The zero-order chi connectivity index (χ0) is 10.7. The van der Waals surface area contributed by atoms with Crippen molar-refractivity contribution in [2.75, 3.05) is 7.11 Å². The number of hydrogen-bond donors (Lipinski definition) is 0. The van der Waals surface area contributed by atoms with Crippen LogP contribution in [0, 0.1) is 0 Å².